The van der Waals surface area contributed by atoms with Crippen LogP contribution in [0.15, 0.2) is 83.8 Å². The van der Waals surface area contributed by atoms with Crippen LogP contribution in [-0.2, 0) is 21.4 Å². The summed E-state index contributed by atoms with van der Waals surface area (Å²) in [5.74, 6) is 0.608. The topological polar surface area (TPSA) is 66.9 Å². The first-order chi connectivity index (χ1) is 17.7. The molecule has 1 atom stereocenters. The van der Waals surface area contributed by atoms with Gasteiger partial charge < -0.3 is 9.64 Å². The van der Waals surface area contributed by atoms with Crippen LogP contribution >= 0.6 is 23.2 Å². The summed E-state index contributed by atoms with van der Waals surface area (Å²) in [4.78, 5) is 15.1. The van der Waals surface area contributed by atoms with E-state index in [1.165, 1.54) is 22.5 Å². The molecule has 0 spiro atoms. The van der Waals surface area contributed by atoms with E-state index in [1.54, 1.807) is 11.9 Å². The third kappa shape index (κ3) is 6.85. The Morgan fingerprint density at radius 1 is 1.03 bits per heavy atom. The highest BCUT2D eigenvalue weighted by atomic mass is 35.5. The van der Waals surface area contributed by atoms with E-state index in [0.29, 0.717) is 36.7 Å². The van der Waals surface area contributed by atoms with Gasteiger partial charge in [-0.25, -0.2) is 8.42 Å². The van der Waals surface area contributed by atoms with Gasteiger partial charge in [-0.05, 0) is 48.7 Å². The normalized spacial score (nSPS) is 18.4. The Kier molecular flexibility index (Phi) is 8.80. The summed E-state index contributed by atoms with van der Waals surface area (Å²) in [6.07, 6.45) is 1.41. The first-order valence-electron chi connectivity index (χ1n) is 12.1. The van der Waals surface area contributed by atoms with Gasteiger partial charge in [0, 0.05) is 43.5 Å². The second-order valence-corrected chi connectivity index (χ2v) is 12.3. The van der Waals surface area contributed by atoms with Crippen LogP contribution in [0.2, 0.25) is 10.0 Å². The minimum Gasteiger partial charge on any atom is -0.493 e. The van der Waals surface area contributed by atoms with Crippen molar-refractivity contribution >= 4 is 39.1 Å². The first kappa shape index (κ1) is 27.5. The number of carbonyl (C=O) groups excluding carboxylic acids is 1. The number of para-hydroxylation sites is 1. The van der Waals surface area contributed by atoms with E-state index in [-0.39, 0.29) is 35.4 Å². The lowest BCUT2D eigenvalue weighted by molar-refractivity contribution is -0.134. The number of ether oxygens (including phenoxy) is 1. The van der Waals surface area contributed by atoms with Crippen LogP contribution in [0, 0.1) is 5.41 Å². The van der Waals surface area contributed by atoms with E-state index < -0.39 is 15.4 Å². The summed E-state index contributed by atoms with van der Waals surface area (Å²) in [7, 11) is -2.14. The predicted octanol–water partition coefficient (Wildman–Crippen LogP) is 5.89. The van der Waals surface area contributed by atoms with Gasteiger partial charge in [-0.15, -0.1) is 0 Å². The smallest absolute Gasteiger partial charge is 0.244 e. The van der Waals surface area contributed by atoms with Crippen LogP contribution in [0.5, 0.6) is 5.75 Å². The number of benzene rings is 3. The van der Waals surface area contributed by atoms with Gasteiger partial charge >= 0.3 is 0 Å². The number of rotatable bonds is 9. The second kappa shape index (κ2) is 11.9. The van der Waals surface area contributed by atoms with Crippen LogP contribution in [-0.4, -0.2) is 50.3 Å². The number of carbonyl (C=O) groups is 1. The fourth-order valence-corrected chi connectivity index (χ4v) is 7.00. The highest BCUT2D eigenvalue weighted by Crippen LogP contribution is 2.38. The summed E-state index contributed by atoms with van der Waals surface area (Å²) in [6.45, 7) is 1.16. The number of sulfonamides is 1. The Bertz CT molecular complexity index is 1320. The number of nitrogens with zero attached hydrogens (tertiary/aromatic N) is 2. The van der Waals surface area contributed by atoms with E-state index in [0.717, 1.165) is 5.56 Å². The van der Waals surface area contributed by atoms with Crippen molar-refractivity contribution in [3.8, 4) is 5.75 Å². The van der Waals surface area contributed by atoms with Crippen molar-refractivity contribution in [1.82, 2.24) is 9.21 Å². The van der Waals surface area contributed by atoms with E-state index in [2.05, 4.69) is 0 Å². The molecule has 3 aromatic rings. The lowest BCUT2D eigenvalue weighted by Crippen LogP contribution is -2.50. The Labute approximate surface area is 228 Å². The lowest BCUT2D eigenvalue weighted by atomic mass is 9.78. The molecule has 1 fully saturated rings. The van der Waals surface area contributed by atoms with Gasteiger partial charge in [0.25, 0.3) is 0 Å². The van der Waals surface area contributed by atoms with Gasteiger partial charge in [0.1, 0.15) is 10.6 Å². The summed E-state index contributed by atoms with van der Waals surface area (Å²) in [5.41, 5.74) is 0.320. The zero-order chi connectivity index (χ0) is 26.5. The lowest BCUT2D eigenvalue weighted by Gasteiger charge is -2.42. The van der Waals surface area contributed by atoms with Crippen molar-refractivity contribution in [3.05, 3.63) is 94.5 Å². The largest absolute Gasteiger partial charge is 0.493 e. The summed E-state index contributed by atoms with van der Waals surface area (Å²) in [6, 6.07) is 23.5. The molecule has 9 heteroatoms. The second-order valence-electron chi connectivity index (χ2n) is 9.53. The molecule has 0 aromatic heterocycles. The maximum absolute atomic E-state index is 13.6. The molecule has 3 aromatic carbocycles. The fraction of sp³-hybridized carbons (Fsp3) is 0.321. The van der Waals surface area contributed by atoms with Gasteiger partial charge in [0.2, 0.25) is 15.9 Å². The molecule has 1 amide bonds. The average molecular weight is 562 g/mol. The van der Waals surface area contributed by atoms with Crippen molar-refractivity contribution in [2.24, 2.45) is 5.41 Å². The zero-order valence-corrected chi connectivity index (χ0v) is 23.0. The number of halogens is 2. The molecule has 0 radical (unpaired) electrons. The number of hydrogen-bond donors (Lipinski definition) is 0. The Morgan fingerprint density at radius 3 is 2.38 bits per heavy atom. The van der Waals surface area contributed by atoms with E-state index in [1.807, 2.05) is 60.7 Å². The molecule has 1 aliphatic rings. The zero-order valence-electron chi connectivity index (χ0n) is 20.6. The van der Waals surface area contributed by atoms with Crippen LogP contribution in [0.1, 0.15) is 24.8 Å². The van der Waals surface area contributed by atoms with Gasteiger partial charge in [0.15, 0.2) is 0 Å². The average Bonchev–Trinajstić information content (AvgIpc) is 2.88. The summed E-state index contributed by atoms with van der Waals surface area (Å²) >= 11 is 12.3. The van der Waals surface area contributed by atoms with Gasteiger partial charge in [-0.3, -0.25) is 4.79 Å². The maximum Gasteiger partial charge on any atom is 0.244 e. The third-order valence-electron chi connectivity index (χ3n) is 6.64. The quantitative estimate of drug-likeness (QED) is 0.327. The Balaban J connectivity index is 1.58. The molecule has 0 saturated carbocycles. The molecule has 1 aliphatic heterocycles. The molecule has 0 aliphatic carbocycles. The molecule has 0 unspecified atom stereocenters. The van der Waals surface area contributed by atoms with Gasteiger partial charge in [-0.2, -0.15) is 4.31 Å². The molecular formula is C28H30Cl2N2O4S. The molecule has 37 heavy (non-hydrogen) atoms. The molecule has 1 heterocycles. The number of amides is 1. The molecule has 196 valence electrons. The molecular weight excluding hydrogens is 531 g/mol. The Morgan fingerprint density at radius 2 is 1.70 bits per heavy atom. The first-order valence-corrected chi connectivity index (χ1v) is 14.3. The summed E-state index contributed by atoms with van der Waals surface area (Å²) in [5, 5.41) is 0.433. The van der Waals surface area contributed by atoms with Crippen LogP contribution in [0.25, 0.3) is 0 Å². The monoisotopic (exact) mass is 560 g/mol. The number of piperidine rings is 1. The van der Waals surface area contributed by atoms with Crippen molar-refractivity contribution in [2.45, 2.75) is 30.7 Å². The molecule has 0 bridgehead atoms. The summed E-state index contributed by atoms with van der Waals surface area (Å²) < 4.78 is 34.7. The molecule has 1 saturated heterocycles. The van der Waals surface area contributed by atoms with E-state index in [4.69, 9.17) is 27.9 Å². The predicted molar refractivity (Wildman–Crippen MR) is 146 cm³/mol. The molecule has 4 rings (SSSR count). The van der Waals surface area contributed by atoms with Crippen molar-refractivity contribution in [3.63, 3.8) is 0 Å². The van der Waals surface area contributed by atoms with Crippen molar-refractivity contribution < 1.29 is 17.9 Å². The van der Waals surface area contributed by atoms with E-state index >= 15 is 0 Å². The van der Waals surface area contributed by atoms with Crippen LogP contribution < -0.4 is 4.74 Å². The van der Waals surface area contributed by atoms with Crippen molar-refractivity contribution in [1.29, 1.82) is 0 Å². The Hall–Kier alpha value is -2.58. The third-order valence-corrected chi connectivity index (χ3v) is 9.20. The molecule has 6 nitrogen and oxygen atoms in total. The maximum atomic E-state index is 13.6. The minimum absolute atomic E-state index is 0.00543. The van der Waals surface area contributed by atoms with Gasteiger partial charge in [0.05, 0.1) is 11.6 Å². The highest BCUT2D eigenvalue weighted by Gasteiger charge is 2.43. The van der Waals surface area contributed by atoms with Crippen molar-refractivity contribution in [2.75, 3.05) is 26.7 Å². The van der Waals surface area contributed by atoms with Gasteiger partial charge in [-0.1, -0.05) is 71.7 Å². The minimum atomic E-state index is -3.91. The SMILES string of the molecule is CN(Cc1ccccc1)C(=O)C[C@]1(COc2ccccc2)CCCN(S(=O)(=O)c2ccc(Cl)cc2Cl)C1. The molecule has 0 N–H and O–H groups in total. The van der Waals surface area contributed by atoms with Crippen LogP contribution in [0.3, 0.4) is 0 Å². The van der Waals surface area contributed by atoms with Crippen LogP contribution in [0.4, 0.5) is 0 Å². The highest BCUT2D eigenvalue weighted by molar-refractivity contribution is 7.89. The standard InChI is InChI=1S/C28H30Cl2N2O4S/c1-31(19-22-9-4-2-5-10-22)27(33)18-28(21-36-24-11-6-3-7-12-24)15-8-16-32(20-28)37(34,35)26-14-13-23(29)17-25(26)30/h2-7,9-14,17H,8,15-16,18-21H2,1H3/t28-/m1/s1. The van der Waals surface area contributed by atoms with E-state index in [9.17, 15) is 13.2 Å². The fourth-order valence-electron chi connectivity index (χ4n) is 4.66. The number of hydrogen-bond acceptors (Lipinski definition) is 4.